The number of hydrogen-bond donors (Lipinski definition) is 2. The lowest BCUT2D eigenvalue weighted by Gasteiger charge is -2.12. The van der Waals surface area contributed by atoms with Gasteiger partial charge in [-0.25, -0.2) is 5.43 Å². The summed E-state index contributed by atoms with van der Waals surface area (Å²) in [4.78, 5) is 15.3. The van der Waals surface area contributed by atoms with Gasteiger partial charge in [0.2, 0.25) is 11.7 Å². The highest BCUT2D eigenvalue weighted by atomic mass is 16.5. The van der Waals surface area contributed by atoms with Gasteiger partial charge in [-0.2, -0.15) is 5.10 Å². The van der Waals surface area contributed by atoms with Gasteiger partial charge >= 0.3 is 0 Å². The third-order valence-corrected chi connectivity index (χ3v) is 4.61. The molecule has 7 heteroatoms. The van der Waals surface area contributed by atoms with Crippen molar-refractivity contribution in [2.45, 2.75) is 19.3 Å². The van der Waals surface area contributed by atoms with E-state index < -0.39 is 0 Å². The number of para-hydroxylation sites is 1. The Labute approximate surface area is 169 Å². The fourth-order valence-electron chi connectivity index (χ4n) is 3.19. The average Bonchev–Trinajstić information content (AvgIpc) is 3.16. The fraction of sp³-hybridized carbons (Fsp3) is 0.273. The Hall–Kier alpha value is -3.48. The predicted octanol–water partition coefficient (Wildman–Crippen LogP) is 3.67. The van der Waals surface area contributed by atoms with Gasteiger partial charge in [0.1, 0.15) is 0 Å². The zero-order chi connectivity index (χ0) is 20.6. The van der Waals surface area contributed by atoms with Gasteiger partial charge in [-0.1, -0.05) is 18.2 Å². The first-order chi connectivity index (χ1) is 14.2. The predicted molar refractivity (Wildman–Crippen MR) is 113 cm³/mol. The van der Waals surface area contributed by atoms with Crippen molar-refractivity contribution in [2.24, 2.45) is 5.10 Å². The smallest absolute Gasteiger partial charge is 0.240 e. The monoisotopic (exact) mass is 395 g/mol. The molecule has 1 amide bonds. The third-order valence-electron chi connectivity index (χ3n) is 4.61. The van der Waals surface area contributed by atoms with E-state index in [1.54, 1.807) is 39.7 Å². The van der Waals surface area contributed by atoms with Crippen LogP contribution in [0, 0.1) is 0 Å². The van der Waals surface area contributed by atoms with Crippen molar-refractivity contribution < 1.29 is 19.0 Å². The third kappa shape index (κ3) is 4.87. The summed E-state index contributed by atoms with van der Waals surface area (Å²) in [7, 11) is 4.64. The molecule has 0 aliphatic heterocycles. The summed E-state index contributed by atoms with van der Waals surface area (Å²) in [6, 6.07) is 11.7. The summed E-state index contributed by atoms with van der Waals surface area (Å²) < 4.78 is 15.9. The number of fused-ring (bicyclic) bond motifs is 1. The lowest BCUT2D eigenvalue weighted by Crippen LogP contribution is -2.17. The molecule has 7 nitrogen and oxygen atoms in total. The molecular formula is C22H25N3O4. The first-order valence-corrected chi connectivity index (χ1v) is 9.33. The number of carbonyl (C=O) groups excluding carboxylic acids is 1. The fourth-order valence-corrected chi connectivity index (χ4v) is 3.19. The quantitative estimate of drug-likeness (QED) is 0.428. The van der Waals surface area contributed by atoms with E-state index in [4.69, 9.17) is 14.2 Å². The molecule has 0 saturated carbocycles. The van der Waals surface area contributed by atoms with Crippen LogP contribution in [0.2, 0.25) is 0 Å². The molecule has 1 heterocycles. The topological polar surface area (TPSA) is 84.9 Å². The number of aromatic amines is 1. The molecule has 0 aliphatic rings. The number of hydrogen-bond acceptors (Lipinski definition) is 5. The van der Waals surface area contributed by atoms with Gasteiger partial charge in [0.25, 0.3) is 0 Å². The Morgan fingerprint density at radius 1 is 1.10 bits per heavy atom. The van der Waals surface area contributed by atoms with Crippen LogP contribution in [0.1, 0.15) is 24.0 Å². The molecule has 29 heavy (non-hydrogen) atoms. The Morgan fingerprint density at radius 2 is 1.83 bits per heavy atom. The van der Waals surface area contributed by atoms with Crippen molar-refractivity contribution >= 4 is 23.0 Å². The van der Waals surface area contributed by atoms with Crippen molar-refractivity contribution in [2.75, 3.05) is 21.3 Å². The van der Waals surface area contributed by atoms with E-state index in [0.717, 1.165) is 23.9 Å². The number of nitrogens with one attached hydrogen (secondary N) is 2. The van der Waals surface area contributed by atoms with Crippen molar-refractivity contribution in [3.05, 3.63) is 53.7 Å². The Balaban J connectivity index is 1.53. The molecule has 2 N–H and O–H groups in total. The van der Waals surface area contributed by atoms with Crippen LogP contribution in [0.4, 0.5) is 0 Å². The Morgan fingerprint density at radius 3 is 2.52 bits per heavy atom. The van der Waals surface area contributed by atoms with Crippen LogP contribution in [0.3, 0.4) is 0 Å². The van der Waals surface area contributed by atoms with E-state index in [9.17, 15) is 4.79 Å². The number of methoxy groups -OCH3 is 3. The molecule has 0 unspecified atom stereocenters. The number of nitrogens with zero attached hydrogens (tertiary/aromatic N) is 1. The SMILES string of the molecule is COc1cc(/C=N\NC(=O)CCCc2c[nH]c3ccccc23)cc(OC)c1OC. The molecule has 0 aliphatic carbocycles. The van der Waals surface area contributed by atoms with Crippen LogP contribution >= 0.6 is 0 Å². The van der Waals surface area contributed by atoms with E-state index in [2.05, 4.69) is 21.6 Å². The minimum atomic E-state index is -0.131. The van der Waals surface area contributed by atoms with Crippen LogP contribution in [0.5, 0.6) is 17.2 Å². The maximum absolute atomic E-state index is 12.1. The number of aromatic nitrogens is 1. The van der Waals surface area contributed by atoms with Crippen LogP contribution in [0.15, 0.2) is 47.7 Å². The van der Waals surface area contributed by atoms with Gasteiger partial charge in [0.05, 0.1) is 27.5 Å². The maximum atomic E-state index is 12.1. The summed E-state index contributed by atoms with van der Waals surface area (Å²) >= 11 is 0. The number of H-pyrrole nitrogens is 1. The molecule has 3 rings (SSSR count). The van der Waals surface area contributed by atoms with E-state index in [1.807, 2.05) is 24.4 Å². The summed E-state index contributed by atoms with van der Waals surface area (Å²) in [5, 5.41) is 5.23. The van der Waals surface area contributed by atoms with Crippen LogP contribution in [-0.4, -0.2) is 38.4 Å². The second-order valence-corrected chi connectivity index (χ2v) is 6.46. The number of benzene rings is 2. The molecule has 152 valence electrons. The minimum Gasteiger partial charge on any atom is -0.493 e. The molecule has 0 atom stereocenters. The minimum absolute atomic E-state index is 0.131. The van der Waals surface area contributed by atoms with Crippen LogP contribution in [0.25, 0.3) is 10.9 Å². The summed E-state index contributed by atoms with van der Waals surface area (Å²) in [5.74, 6) is 1.43. The standard InChI is InChI=1S/C22H25N3O4/c1-27-19-11-15(12-20(28-2)22(19)29-3)13-24-25-21(26)10-6-7-16-14-23-18-9-5-4-8-17(16)18/h4-5,8-9,11-14,23H,6-7,10H2,1-3H3,(H,25,26)/b24-13-. The van der Waals surface area contributed by atoms with Crippen molar-refractivity contribution in [3.8, 4) is 17.2 Å². The van der Waals surface area contributed by atoms with Gasteiger partial charge in [-0.05, 0) is 36.6 Å². The van der Waals surface area contributed by atoms with E-state index in [0.29, 0.717) is 23.7 Å². The van der Waals surface area contributed by atoms with Crippen molar-refractivity contribution in [1.82, 2.24) is 10.4 Å². The number of carbonyl (C=O) groups is 1. The van der Waals surface area contributed by atoms with Crippen LogP contribution < -0.4 is 19.6 Å². The average molecular weight is 395 g/mol. The number of rotatable bonds is 9. The molecule has 0 saturated heterocycles. The largest absolute Gasteiger partial charge is 0.493 e. The molecule has 0 fully saturated rings. The van der Waals surface area contributed by atoms with E-state index >= 15 is 0 Å². The lowest BCUT2D eigenvalue weighted by molar-refractivity contribution is -0.121. The first kappa shape index (κ1) is 20.3. The number of ether oxygens (including phenoxy) is 3. The van der Waals surface area contributed by atoms with Gasteiger partial charge in [-0.3, -0.25) is 4.79 Å². The molecular weight excluding hydrogens is 370 g/mol. The van der Waals surface area contributed by atoms with E-state index in [-0.39, 0.29) is 5.91 Å². The highest BCUT2D eigenvalue weighted by Crippen LogP contribution is 2.37. The molecule has 2 aromatic carbocycles. The zero-order valence-electron chi connectivity index (χ0n) is 16.8. The second kappa shape index (κ2) is 9.64. The molecule has 0 radical (unpaired) electrons. The highest BCUT2D eigenvalue weighted by Gasteiger charge is 2.12. The van der Waals surface area contributed by atoms with Crippen molar-refractivity contribution in [3.63, 3.8) is 0 Å². The second-order valence-electron chi connectivity index (χ2n) is 6.46. The molecule has 1 aromatic heterocycles. The Bertz CT molecular complexity index is 985. The zero-order valence-corrected chi connectivity index (χ0v) is 16.8. The van der Waals surface area contributed by atoms with Gasteiger partial charge in [-0.15, -0.1) is 0 Å². The van der Waals surface area contributed by atoms with Gasteiger partial charge < -0.3 is 19.2 Å². The normalized spacial score (nSPS) is 11.0. The summed E-state index contributed by atoms with van der Waals surface area (Å²) in [6.45, 7) is 0. The lowest BCUT2D eigenvalue weighted by atomic mass is 10.1. The van der Waals surface area contributed by atoms with Gasteiger partial charge in [0.15, 0.2) is 11.5 Å². The first-order valence-electron chi connectivity index (χ1n) is 9.33. The van der Waals surface area contributed by atoms with E-state index in [1.165, 1.54) is 10.9 Å². The number of amides is 1. The molecule has 0 spiro atoms. The highest BCUT2D eigenvalue weighted by molar-refractivity contribution is 5.85. The number of hydrazone groups is 1. The summed E-state index contributed by atoms with van der Waals surface area (Å²) in [6.07, 6.45) is 5.51. The Kier molecular flexibility index (Phi) is 6.73. The van der Waals surface area contributed by atoms with Crippen LogP contribution in [-0.2, 0) is 11.2 Å². The molecule has 0 bridgehead atoms. The summed E-state index contributed by atoms with van der Waals surface area (Å²) in [5.41, 5.74) is 5.61. The van der Waals surface area contributed by atoms with Gasteiger partial charge in [0, 0.05) is 29.1 Å². The van der Waals surface area contributed by atoms with Crippen molar-refractivity contribution in [1.29, 1.82) is 0 Å². The number of aryl methyl sites for hydroxylation is 1. The maximum Gasteiger partial charge on any atom is 0.240 e. The molecule has 3 aromatic rings.